The van der Waals surface area contributed by atoms with E-state index in [4.69, 9.17) is 16.3 Å². The van der Waals surface area contributed by atoms with Crippen molar-refractivity contribution in [3.63, 3.8) is 0 Å². The van der Waals surface area contributed by atoms with Crippen molar-refractivity contribution in [1.29, 1.82) is 0 Å². The number of rotatable bonds is 3. The highest BCUT2D eigenvalue weighted by atomic mass is 79.9. The minimum Gasteiger partial charge on any atom is -0.381 e. The second-order valence-corrected chi connectivity index (χ2v) is 5.80. The van der Waals surface area contributed by atoms with Gasteiger partial charge in [-0.25, -0.2) is 0 Å². The summed E-state index contributed by atoms with van der Waals surface area (Å²) in [6.45, 7) is 1.72. The Kier molecular flexibility index (Phi) is 4.86. The molecule has 1 heterocycles. The Morgan fingerprint density at radius 1 is 1.47 bits per heavy atom. The maximum Gasteiger partial charge on any atom is 0.0512 e. The van der Waals surface area contributed by atoms with Gasteiger partial charge in [-0.3, -0.25) is 0 Å². The van der Waals surface area contributed by atoms with E-state index in [9.17, 15) is 0 Å². The lowest BCUT2D eigenvalue weighted by atomic mass is 9.89. The summed E-state index contributed by atoms with van der Waals surface area (Å²) in [5, 5.41) is 4.15. The molecule has 0 aliphatic carbocycles. The van der Waals surface area contributed by atoms with Gasteiger partial charge in [0.05, 0.1) is 6.61 Å². The Bertz CT molecular complexity index is 359. The molecule has 2 atom stereocenters. The number of hydrogen-bond donors (Lipinski definition) is 1. The van der Waals surface area contributed by atoms with Crippen molar-refractivity contribution in [1.82, 2.24) is 5.32 Å². The van der Waals surface area contributed by atoms with Gasteiger partial charge in [0, 0.05) is 28.1 Å². The molecule has 1 fully saturated rings. The van der Waals surface area contributed by atoms with Crippen molar-refractivity contribution in [2.75, 3.05) is 20.3 Å². The SMILES string of the molecule is CNC(c1cc(Cl)cc(Br)c1)C1CCCOC1. The van der Waals surface area contributed by atoms with Crippen molar-refractivity contribution < 1.29 is 4.74 Å². The first kappa shape index (κ1) is 13.3. The smallest absolute Gasteiger partial charge is 0.0512 e. The molecule has 1 aliphatic heterocycles. The standard InChI is InChI=1S/C13H17BrClNO/c1-16-13(9-3-2-4-17-8-9)10-5-11(14)7-12(15)6-10/h5-7,9,13,16H,2-4,8H2,1H3. The molecule has 1 saturated heterocycles. The van der Waals surface area contributed by atoms with E-state index in [0.29, 0.717) is 12.0 Å². The van der Waals surface area contributed by atoms with E-state index in [2.05, 4.69) is 27.3 Å². The third-order valence-corrected chi connectivity index (χ3v) is 3.90. The minimum atomic E-state index is 0.310. The fraction of sp³-hybridized carbons (Fsp3) is 0.538. The summed E-state index contributed by atoms with van der Waals surface area (Å²) in [6, 6.07) is 6.38. The molecule has 0 saturated carbocycles. The maximum atomic E-state index is 6.10. The van der Waals surface area contributed by atoms with E-state index in [1.807, 2.05) is 19.2 Å². The molecule has 17 heavy (non-hydrogen) atoms. The molecule has 0 amide bonds. The molecule has 2 unspecified atom stereocenters. The van der Waals surface area contributed by atoms with Crippen LogP contribution >= 0.6 is 27.5 Å². The summed E-state index contributed by atoms with van der Waals surface area (Å²) < 4.78 is 6.59. The van der Waals surface area contributed by atoms with Crippen molar-refractivity contribution in [2.24, 2.45) is 5.92 Å². The Balaban J connectivity index is 2.21. The molecule has 0 aromatic heterocycles. The monoisotopic (exact) mass is 317 g/mol. The molecule has 0 radical (unpaired) electrons. The van der Waals surface area contributed by atoms with E-state index in [1.54, 1.807) is 0 Å². The third-order valence-electron chi connectivity index (χ3n) is 3.22. The summed E-state index contributed by atoms with van der Waals surface area (Å²) in [5.74, 6) is 0.527. The van der Waals surface area contributed by atoms with E-state index in [0.717, 1.165) is 29.1 Å². The first-order valence-electron chi connectivity index (χ1n) is 5.91. The fourth-order valence-electron chi connectivity index (χ4n) is 2.46. The Morgan fingerprint density at radius 2 is 2.29 bits per heavy atom. The van der Waals surface area contributed by atoms with Crippen molar-refractivity contribution in [3.8, 4) is 0 Å². The number of benzene rings is 1. The van der Waals surface area contributed by atoms with Crippen LogP contribution in [0.2, 0.25) is 5.02 Å². The number of halogens is 2. The fourth-order valence-corrected chi connectivity index (χ4v) is 3.34. The van der Waals surface area contributed by atoms with Crippen molar-refractivity contribution >= 4 is 27.5 Å². The molecule has 1 N–H and O–H groups in total. The summed E-state index contributed by atoms with van der Waals surface area (Å²) in [6.07, 6.45) is 2.35. The van der Waals surface area contributed by atoms with Crippen LogP contribution < -0.4 is 5.32 Å². The zero-order chi connectivity index (χ0) is 12.3. The van der Waals surface area contributed by atoms with E-state index >= 15 is 0 Å². The van der Waals surface area contributed by atoms with Gasteiger partial charge in [-0.05, 0) is 43.7 Å². The Morgan fingerprint density at radius 3 is 2.88 bits per heavy atom. The topological polar surface area (TPSA) is 21.3 Å². The highest BCUT2D eigenvalue weighted by Crippen LogP contribution is 2.31. The average Bonchev–Trinajstić information content (AvgIpc) is 2.30. The zero-order valence-corrected chi connectivity index (χ0v) is 12.2. The molecule has 2 rings (SSSR count). The van der Waals surface area contributed by atoms with Gasteiger partial charge in [0.1, 0.15) is 0 Å². The Hall–Kier alpha value is -0.0900. The van der Waals surface area contributed by atoms with E-state index in [-0.39, 0.29) is 0 Å². The van der Waals surface area contributed by atoms with Crippen LogP contribution in [-0.2, 0) is 4.74 Å². The molecule has 1 aromatic carbocycles. The van der Waals surface area contributed by atoms with Crippen LogP contribution in [0.5, 0.6) is 0 Å². The minimum absolute atomic E-state index is 0.310. The second-order valence-electron chi connectivity index (χ2n) is 4.45. The molecular formula is C13H17BrClNO. The molecule has 94 valence electrons. The largest absolute Gasteiger partial charge is 0.381 e. The van der Waals surface area contributed by atoms with E-state index in [1.165, 1.54) is 12.0 Å². The molecule has 2 nitrogen and oxygen atoms in total. The number of hydrogen-bond acceptors (Lipinski definition) is 2. The van der Waals surface area contributed by atoms with Gasteiger partial charge in [0.2, 0.25) is 0 Å². The van der Waals surface area contributed by atoms with Gasteiger partial charge in [-0.15, -0.1) is 0 Å². The zero-order valence-electron chi connectivity index (χ0n) is 9.88. The Labute approximate surface area is 116 Å². The molecule has 0 spiro atoms. The van der Waals surface area contributed by atoms with Crippen molar-refractivity contribution in [3.05, 3.63) is 33.3 Å². The molecule has 0 bridgehead atoms. The lowest BCUT2D eigenvalue weighted by Crippen LogP contribution is -2.31. The van der Waals surface area contributed by atoms with Crippen LogP contribution in [-0.4, -0.2) is 20.3 Å². The van der Waals surface area contributed by atoms with Gasteiger partial charge < -0.3 is 10.1 Å². The van der Waals surface area contributed by atoms with E-state index < -0.39 is 0 Å². The van der Waals surface area contributed by atoms with Gasteiger partial charge in [0.25, 0.3) is 0 Å². The lowest BCUT2D eigenvalue weighted by molar-refractivity contribution is 0.0402. The molecule has 1 aromatic rings. The van der Waals surface area contributed by atoms with Gasteiger partial charge >= 0.3 is 0 Å². The van der Waals surface area contributed by atoms with Crippen LogP contribution in [0.1, 0.15) is 24.4 Å². The summed E-state index contributed by atoms with van der Waals surface area (Å²) in [7, 11) is 1.99. The first-order valence-corrected chi connectivity index (χ1v) is 7.09. The normalized spacial score (nSPS) is 22.4. The first-order chi connectivity index (χ1) is 8.20. The van der Waals surface area contributed by atoms with Crippen molar-refractivity contribution in [2.45, 2.75) is 18.9 Å². The summed E-state index contributed by atoms with van der Waals surface area (Å²) in [5.41, 5.74) is 1.22. The number of nitrogens with one attached hydrogen (secondary N) is 1. The van der Waals surface area contributed by atoms with Gasteiger partial charge in [-0.1, -0.05) is 27.5 Å². The van der Waals surface area contributed by atoms with Crippen LogP contribution in [0.4, 0.5) is 0 Å². The predicted octanol–water partition coefficient (Wildman–Crippen LogP) is 3.79. The highest BCUT2D eigenvalue weighted by molar-refractivity contribution is 9.10. The molecule has 1 aliphatic rings. The lowest BCUT2D eigenvalue weighted by Gasteiger charge is -2.30. The predicted molar refractivity (Wildman–Crippen MR) is 74.5 cm³/mol. The second kappa shape index (κ2) is 6.19. The molecule has 4 heteroatoms. The van der Waals surface area contributed by atoms with Gasteiger partial charge in [-0.2, -0.15) is 0 Å². The summed E-state index contributed by atoms with van der Waals surface area (Å²) in [4.78, 5) is 0. The highest BCUT2D eigenvalue weighted by Gasteiger charge is 2.24. The maximum absolute atomic E-state index is 6.10. The average molecular weight is 319 g/mol. The van der Waals surface area contributed by atoms with Crippen LogP contribution in [0, 0.1) is 5.92 Å². The number of ether oxygens (including phenoxy) is 1. The van der Waals surface area contributed by atoms with Crippen LogP contribution in [0.3, 0.4) is 0 Å². The van der Waals surface area contributed by atoms with Crippen LogP contribution in [0.25, 0.3) is 0 Å². The summed E-state index contributed by atoms with van der Waals surface area (Å²) >= 11 is 9.59. The quantitative estimate of drug-likeness (QED) is 0.915. The molecular weight excluding hydrogens is 302 g/mol. The third kappa shape index (κ3) is 3.44. The van der Waals surface area contributed by atoms with Gasteiger partial charge in [0.15, 0.2) is 0 Å². The van der Waals surface area contributed by atoms with Crippen LogP contribution in [0.15, 0.2) is 22.7 Å².